The van der Waals surface area contributed by atoms with E-state index in [1.54, 1.807) is 0 Å². The average Bonchev–Trinajstić information content (AvgIpc) is 2.84. The molecule has 7 nitrogen and oxygen atoms in total. The van der Waals surface area contributed by atoms with Crippen molar-refractivity contribution in [2.24, 2.45) is 11.8 Å². The van der Waals surface area contributed by atoms with Gasteiger partial charge in [-0.15, -0.1) is 0 Å². The molecule has 2 saturated heterocycles. The molecule has 0 aromatic heterocycles. The van der Waals surface area contributed by atoms with Crippen LogP contribution < -0.4 is 0 Å². The van der Waals surface area contributed by atoms with Gasteiger partial charge in [0.25, 0.3) is 0 Å². The van der Waals surface area contributed by atoms with Gasteiger partial charge in [-0.25, -0.2) is 4.39 Å². The Morgan fingerprint density at radius 1 is 1.17 bits per heavy atom. The van der Waals surface area contributed by atoms with Gasteiger partial charge in [0.2, 0.25) is 5.91 Å². The second-order valence-electron chi connectivity index (χ2n) is 9.57. The molecule has 0 bridgehead atoms. The minimum atomic E-state index is -2.38. The van der Waals surface area contributed by atoms with E-state index in [1.807, 2.05) is 41.5 Å². The molecule has 5 atom stereocenters. The maximum Gasteiger partial charge on any atom is 0.326 e. The van der Waals surface area contributed by atoms with E-state index >= 15 is 4.39 Å². The first-order valence-electron chi connectivity index (χ1n) is 10.7. The molecule has 1 amide bonds. The van der Waals surface area contributed by atoms with Crippen molar-refractivity contribution in [3.05, 3.63) is 12.3 Å². The number of hydrogen-bond acceptors (Lipinski definition) is 6. The lowest BCUT2D eigenvalue weighted by atomic mass is 9.91. The van der Waals surface area contributed by atoms with Crippen molar-refractivity contribution in [3.63, 3.8) is 0 Å². The van der Waals surface area contributed by atoms with E-state index in [9.17, 15) is 9.59 Å². The summed E-state index contributed by atoms with van der Waals surface area (Å²) in [6, 6.07) is 0. The van der Waals surface area contributed by atoms with Gasteiger partial charge in [-0.2, -0.15) is 0 Å². The Hall–Kier alpha value is -1.13. The topological polar surface area (TPSA) is 74.3 Å². The van der Waals surface area contributed by atoms with Crippen molar-refractivity contribution in [2.75, 3.05) is 6.61 Å². The van der Waals surface area contributed by atoms with E-state index < -0.39 is 45.1 Å². The van der Waals surface area contributed by atoms with Gasteiger partial charge in [0.05, 0.1) is 13.0 Å². The molecule has 0 spiro atoms. The van der Waals surface area contributed by atoms with Gasteiger partial charge in [0.1, 0.15) is 12.2 Å². The monoisotopic (exact) mass is 443 g/mol. The molecule has 2 fully saturated rings. The molecule has 0 aromatic rings. The molecule has 30 heavy (non-hydrogen) atoms. The van der Waals surface area contributed by atoms with Crippen LogP contribution in [0.5, 0.6) is 0 Å². The lowest BCUT2D eigenvalue weighted by molar-refractivity contribution is -0.272. The first kappa shape index (κ1) is 23.5. The number of rotatable bonds is 4. The van der Waals surface area contributed by atoms with Crippen molar-refractivity contribution in [1.82, 2.24) is 4.90 Å². The Bertz CT molecular complexity index is 702. The molecular formula is C21H34FNO6Si. The number of amides is 1. The van der Waals surface area contributed by atoms with Crippen LogP contribution in [0.2, 0.25) is 5.54 Å². The van der Waals surface area contributed by atoms with E-state index in [0.29, 0.717) is 0 Å². The molecule has 3 aliphatic heterocycles. The third-order valence-electron chi connectivity index (χ3n) is 6.18. The van der Waals surface area contributed by atoms with Crippen molar-refractivity contribution in [3.8, 4) is 0 Å². The van der Waals surface area contributed by atoms with Crippen molar-refractivity contribution >= 4 is 21.0 Å². The van der Waals surface area contributed by atoms with E-state index in [1.165, 1.54) is 24.1 Å². The van der Waals surface area contributed by atoms with Crippen LogP contribution in [0.4, 0.5) is 4.39 Å². The van der Waals surface area contributed by atoms with Crippen LogP contribution in [0.25, 0.3) is 0 Å². The summed E-state index contributed by atoms with van der Waals surface area (Å²) in [6.07, 6.45) is -0.543. The van der Waals surface area contributed by atoms with Gasteiger partial charge < -0.3 is 18.3 Å². The van der Waals surface area contributed by atoms with E-state index in [-0.39, 0.29) is 36.2 Å². The minimum absolute atomic E-state index is 0.0537. The zero-order valence-corrected chi connectivity index (χ0v) is 20.0. The summed E-state index contributed by atoms with van der Waals surface area (Å²) in [7, 11) is -2.38. The summed E-state index contributed by atoms with van der Waals surface area (Å²) in [5.74, 6) is -1.54. The fourth-order valence-electron chi connectivity index (χ4n) is 4.48. The SMILES string of the molecule is CC(C)[SiH]1OC2C(COC(C(C)C)(C(C)C)O1)O[C@@H](N1C=CC(=O)CC1=O)[C@]2(C)F. The third kappa shape index (κ3) is 4.02. The Morgan fingerprint density at radius 3 is 2.33 bits per heavy atom. The average molecular weight is 444 g/mol. The zero-order chi connectivity index (χ0) is 22.4. The second kappa shape index (κ2) is 8.42. The van der Waals surface area contributed by atoms with E-state index in [0.717, 1.165) is 0 Å². The fourth-order valence-corrected chi connectivity index (χ4v) is 6.83. The van der Waals surface area contributed by atoms with Gasteiger partial charge >= 0.3 is 9.28 Å². The third-order valence-corrected chi connectivity index (χ3v) is 8.43. The molecule has 3 aliphatic rings. The summed E-state index contributed by atoms with van der Waals surface area (Å²) >= 11 is 0. The van der Waals surface area contributed by atoms with E-state index in [2.05, 4.69) is 0 Å². The van der Waals surface area contributed by atoms with Crippen molar-refractivity contribution in [2.45, 2.75) is 90.3 Å². The Labute approximate surface area is 179 Å². The van der Waals surface area contributed by atoms with Gasteiger partial charge in [-0.05, 0) is 18.5 Å². The molecule has 0 saturated carbocycles. The highest BCUT2D eigenvalue weighted by Crippen LogP contribution is 2.44. The maximum absolute atomic E-state index is 16.1. The molecule has 3 rings (SSSR count). The first-order chi connectivity index (χ1) is 13.9. The highest BCUT2D eigenvalue weighted by Gasteiger charge is 2.61. The number of nitrogens with zero attached hydrogens (tertiary/aromatic N) is 1. The Morgan fingerprint density at radius 2 is 1.80 bits per heavy atom. The highest BCUT2D eigenvalue weighted by molar-refractivity contribution is 6.46. The molecule has 0 aliphatic carbocycles. The number of ether oxygens (including phenoxy) is 2. The number of allylic oxidation sites excluding steroid dienone is 1. The summed E-state index contributed by atoms with van der Waals surface area (Å²) < 4.78 is 41.3. The normalized spacial score (nSPS) is 37.1. The fraction of sp³-hybridized carbons (Fsp3) is 0.810. The Balaban J connectivity index is 1.94. The van der Waals surface area contributed by atoms with Gasteiger partial charge in [-0.1, -0.05) is 41.5 Å². The summed E-state index contributed by atoms with van der Waals surface area (Å²) in [5, 5.41) is 0. The number of carbonyl (C=O) groups is 2. The van der Waals surface area contributed by atoms with Crippen molar-refractivity contribution < 1.29 is 32.3 Å². The molecule has 9 heteroatoms. The Kier molecular flexibility index (Phi) is 6.61. The van der Waals surface area contributed by atoms with Crippen molar-refractivity contribution in [1.29, 1.82) is 0 Å². The first-order valence-corrected chi connectivity index (χ1v) is 12.3. The predicted octanol–water partition coefficient (Wildman–Crippen LogP) is 2.83. The number of hydrogen-bond donors (Lipinski definition) is 0. The standard InChI is InChI=1S/C21H34FNO6Si/c1-12(2)21(13(3)4)26-11-16-18(28-30(29-21)14(5)6)20(7,22)19(27-16)23-9-8-15(24)10-17(23)25/h8-9,12-14,16,18-19,30H,10-11H2,1-7H3/t16?,18?,19-,20-,30?/m1/s1. The lowest BCUT2D eigenvalue weighted by Gasteiger charge is -2.47. The molecule has 0 aromatic carbocycles. The number of fused-ring (bicyclic) bond motifs is 1. The molecule has 0 radical (unpaired) electrons. The van der Waals surface area contributed by atoms with Crippen LogP contribution >= 0.6 is 0 Å². The minimum Gasteiger partial charge on any atom is -0.387 e. The summed E-state index contributed by atoms with van der Waals surface area (Å²) in [5.41, 5.74) is -1.92. The highest BCUT2D eigenvalue weighted by atomic mass is 28.3. The van der Waals surface area contributed by atoms with Gasteiger partial charge in [0, 0.05) is 18.0 Å². The quantitative estimate of drug-likeness (QED) is 0.491. The summed E-state index contributed by atoms with van der Waals surface area (Å²) in [4.78, 5) is 25.1. The second-order valence-corrected chi connectivity index (χ2v) is 12.1. The smallest absolute Gasteiger partial charge is 0.326 e. The van der Waals surface area contributed by atoms with Gasteiger partial charge in [0.15, 0.2) is 23.5 Å². The number of alkyl halides is 1. The zero-order valence-electron chi connectivity index (χ0n) is 18.9. The number of carbonyl (C=O) groups excluding carboxylic acids is 2. The number of ketones is 1. The molecule has 3 heterocycles. The molecule has 3 unspecified atom stereocenters. The van der Waals surface area contributed by atoms with E-state index in [4.69, 9.17) is 18.3 Å². The van der Waals surface area contributed by atoms with Gasteiger partial charge in [-0.3, -0.25) is 14.5 Å². The molecule has 0 N–H and O–H groups in total. The predicted molar refractivity (Wildman–Crippen MR) is 110 cm³/mol. The van der Waals surface area contributed by atoms with Crippen LogP contribution in [0, 0.1) is 11.8 Å². The molecule has 170 valence electrons. The summed E-state index contributed by atoms with van der Waals surface area (Å²) in [6.45, 7) is 13.6. The largest absolute Gasteiger partial charge is 0.387 e. The lowest BCUT2D eigenvalue weighted by Crippen LogP contribution is -2.59. The van der Waals surface area contributed by atoms with Crippen LogP contribution in [-0.4, -0.2) is 62.4 Å². The number of halogens is 1. The van der Waals surface area contributed by atoms with Crippen LogP contribution in [0.1, 0.15) is 54.9 Å². The molecular weight excluding hydrogens is 409 g/mol. The maximum atomic E-state index is 16.1. The van der Waals surface area contributed by atoms with Crippen LogP contribution in [0.15, 0.2) is 12.3 Å². The van der Waals surface area contributed by atoms with Crippen LogP contribution in [0.3, 0.4) is 0 Å². The van der Waals surface area contributed by atoms with Crippen LogP contribution in [-0.2, 0) is 27.9 Å².